The average Bonchev–Trinajstić information content (AvgIpc) is 2.76. The van der Waals surface area contributed by atoms with Gasteiger partial charge in [-0.1, -0.05) is 57.1 Å². The molecule has 16 heavy (non-hydrogen) atoms. The first-order valence-electron chi connectivity index (χ1n) is 7.55. The molecule has 0 amide bonds. The molecule has 2 heteroatoms. The van der Waals surface area contributed by atoms with Gasteiger partial charge in [-0.25, -0.2) is 0 Å². The van der Waals surface area contributed by atoms with Gasteiger partial charge >= 0.3 is 0 Å². The molecule has 0 aromatic rings. The van der Waals surface area contributed by atoms with E-state index in [1.165, 1.54) is 19.3 Å². The highest BCUT2D eigenvalue weighted by molar-refractivity contribution is 6.40. The topological polar surface area (TPSA) is 0 Å². The smallest absolute Gasteiger partial charge is 0.0793 e. The van der Waals surface area contributed by atoms with Crippen molar-refractivity contribution in [2.24, 2.45) is 23.7 Å². The summed E-state index contributed by atoms with van der Waals surface area (Å²) in [6.07, 6.45) is 10.5. The van der Waals surface area contributed by atoms with Gasteiger partial charge in [0.25, 0.3) is 0 Å². The molecule has 2 aliphatic carbocycles. The third-order valence-corrected chi connectivity index (χ3v) is 6.04. The van der Waals surface area contributed by atoms with Gasteiger partial charge in [0.1, 0.15) is 0 Å². The van der Waals surface area contributed by atoms with E-state index in [9.17, 15) is 0 Å². The Kier molecular flexibility index (Phi) is 3.76. The Labute approximate surface area is 104 Å². The number of hydrogen-bond acceptors (Lipinski definition) is 0. The molecule has 2 rings (SSSR count). The standard InChI is InChI=1S/C14H28B2/c1-3-5-10(2)14(15,16)13-8-11-6-4-7-12(11)9-13/h10-13H,3-9,15-16H2,1-2H3. The van der Waals surface area contributed by atoms with E-state index in [1.54, 1.807) is 25.7 Å². The third-order valence-electron chi connectivity index (χ3n) is 6.04. The van der Waals surface area contributed by atoms with Gasteiger partial charge in [-0.2, -0.15) is 0 Å². The first-order valence-corrected chi connectivity index (χ1v) is 7.55. The van der Waals surface area contributed by atoms with Crippen molar-refractivity contribution in [3.8, 4) is 0 Å². The first-order chi connectivity index (χ1) is 7.55. The molecule has 0 aromatic heterocycles. The van der Waals surface area contributed by atoms with Gasteiger partial charge in [-0.15, -0.1) is 0 Å². The van der Waals surface area contributed by atoms with Crippen LogP contribution in [0.1, 0.15) is 58.8 Å². The number of fused-ring (bicyclic) bond motifs is 1. The highest BCUT2D eigenvalue weighted by Crippen LogP contribution is 2.55. The maximum absolute atomic E-state index is 2.54. The molecule has 0 aromatic carbocycles. The van der Waals surface area contributed by atoms with E-state index in [0.29, 0.717) is 5.21 Å². The highest BCUT2D eigenvalue weighted by atomic mass is 14.5. The van der Waals surface area contributed by atoms with Crippen LogP contribution in [0, 0.1) is 23.7 Å². The molecule has 0 bridgehead atoms. The van der Waals surface area contributed by atoms with Crippen LogP contribution in [-0.2, 0) is 0 Å². The van der Waals surface area contributed by atoms with Crippen LogP contribution in [0.15, 0.2) is 0 Å². The summed E-state index contributed by atoms with van der Waals surface area (Å²) in [6.45, 7) is 4.81. The van der Waals surface area contributed by atoms with Gasteiger partial charge in [0.2, 0.25) is 0 Å². The molecule has 2 aliphatic rings. The molecule has 0 heterocycles. The van der Waals surface area contributed by atoms with Crippen molar-refractivity contribution in [3.05, 3.63) is 0 Å². The van der Waals surface area contributed by atoms with Gasteiger partial charge in [-0.05, 0) is 30.6 Å². The van der Waals surface area contributed by atoms with Crippen molar-refractivity contribution < 1.29 is 0 Å². The molecule has 0 N–H and O–H groups in total. The summed E-state index contributed by atoms with van der Waals surface area (Å²) >= 11 is 0. The van der Waals surface area contributed by atoms with Crippen molar-refractivity contribution in [1.82, 2.24) is 0 Å². The monoisotopic (exact) mass is 218 g/mol. The molecule has 2 saturated carbocycles. The zero-order valence-corrected chi connectivity index (χ0v) is 11.8. The number of rotatable bonds is 4. The van der Waals surface area contributed by atoms with E-state index < -0.39 is 0 Å². The molecule has 3 unspecified atom stereocenters. The largest absolute Gasteiger partial charge is 0.0999 e. The predicted octanol–water partition coefficient (Wildman–Crippen LogP) is 2.63. The molecule has 0 saturated heterocycles. The fraction of sp³-hybridized carbons (Fsp3) is 1.00. The SMILES string of the molecule is BC(B)(C(C)CCC)C1CC2CCCC2C1. The first kappa shape index (κ1) is 12.6. The van der Waals surface area contributed by atoms with E-state index in [4.69, 9.17) is 0 Å². The minimum Gasteiger partial charge on any atom is -0.0793 e. The number of hydrogen-bond donors (Lipinski definition) is 0. The van der Waals surface area contributed by atoms with Crippen LogP contribution in [0.4, 0.5) is 0 Å². The fourth-order valence-electron chi connectivity index (χ4n) is 4.38. The van der Waals surface area contributed by atoms with Crippen LogP contribution < -0.4 is 0 Å². The van der Waals surface area contributed by atoms with Crippen molar-refractivity contribution in [1.29, 1.82) is 0 Å². The molecule has 2 fully saturated rings. The summed E-state index contributed by atoms with van der Waals surface area (Å²) < 4.78 is 0. The van der Waals surface area contributed by atoms with Crippen LogP contribution in [0.25, 0.3) is 0 Å². The zero-order valence-electron chi connectivity index (χ0n) is 11.8. The highest BCUT2D eigenvalue weighted by Gasteiger charge is 2.44. The second kappa shape index (κ2) is 4.78. The Morgan fingerprint density at radius 1 is 1.19 bits per heavy atom. The molecule has 3 atom stereocenters. The van der Waals surface area contributed by atoms with E-state index in [-0.39, 0.29) is 0 Å². The van der Waals surface area contributed by atoms with Crippen LogP contribution in [0.2, 0.25) is 5.21 Å². The summed E-state index contributed by atoms with van der Waals surface area (Å²) in [6, 6.07) is 0. The van der Waals surface area contributed by atoms with Gasteiger partial charge in [0.05, 0.1) is 15.7 Å². The van der Waals surface area contributed by atoms with Crippen molar-refractivity contribution in [2.75, 3.05) is 0 Å². The third kappa shape index (κ3) is 2.22. The van der Waals surface area contributed by atoms with Gasteiger partial charge in [0, 0.05) is 0 Å². The maximum Gasteiger partial charge on any atom is 0.0999 e. The van der Waals surface area contributed by atoms with Crippen LogP contribution >= 0.6 is 0 Å². The molecule has 0 aliphatic heterocycles. The Morgan fingerprint density at radius 3 is 2.25 bits per heavy atom. The van der Waals surface area contributed by atoms with E-state index >= 15 is 0 Å². The van der Waals surface area contributed by atoms with Crippen LogP contribution in [-0.4, -0.2) is 15.7 Å². The Morgan fingerprint density at radius 2 is 1.75 bits per heavy atom. The lowest BCUT2D eigenvalue weighted by atomic mass is 9.42. The summed E-state index contributed by atoms with van der Waals surface area (Å²) in [5.74, 6) is 4.14. The Balaban J connectivity index is 1.96. The van der Waals surface area contributed by atoms with Crippen molar-refractivity contribution >= 4 is 15.7 Å². The van der Waals surface area contributed by atoms with E-state index in [1.807, 2.05) is 0 Å². The lowest BCUT2D eigenvalue weighted by Gasteiger charge is -2.38. The molecular weight excluding hydrogens is 190 g/mol. The normalized spacial score (nSPS) is 36.2. The second-order valence-electron chi connectivity index (χ2n) is 7.13. The summed E-state index contributed by atoms with van der Waals surface area (Å²) in [5, 5.41) is 0.584. The lowest BCUT2D eigenvalue weighted by Crippen LogP contribution is -2.30. The minimum atomic E-state index is 0.584. The van der Waals surface area contributed by atoms with E-state index in [2.05, 4.69) is 29.5 Å². The second-order valence-corrected chi connectivity index (χ2v) is 7.13. The van der Waals surface area contributed by atoms with Crippen LogP contribution in [0.5, 0.6) is 0 Å². The lowest BCUT2D eigenvalue weighted by molar-refractivity contribution is 0.323. The molecule has 0 radical (unpaired) electrons. The molecule has 90 valence electrons. The minimum absolute atomic E-state index is 0.584. The predicted molar refractivity (Wildman–Crippen MR) is 77.4 cm³/mol. The molecular formula is C14H28B2. The Hall–Kier alpha value is 0.130. The Bertz CT molecular complexity index is 225. The van der Waals surface area contributed by atoms with Gasteiger partial charge in [-0.3, -0.25) is 0 Å². The van der Waals surface area contributed by atoms with Crippen LogP contribution in [0.3, 0.4) is 0 Å². The quantitative estimate of drug-likeness (QED) is 0.636. The fourth-order valence-corrected chi connectivity index (χ4v) is 4.38. The molecule has 0 nitrogen and oxygen atoms in total. The van der Waals surface area contributed by atoms with E-state index in [0.717, 1.165) is 23.7 Å². The summed E-state index contributed by atoms with van der Waals surface area (Å²) in [5.41, 5.74) is 0. The maximum atomic E-state index is 2.54. The average molecular weight is 218 g/mol. The molecule has 0 spiro atoms. The van der Waals surface area contributed by atoms with Gasteiger partial charge in [0.15, 0.2) is 0 Å². The van der Waals surface area contributed by atoms with Crippen molar-refractivity contribution in [2.45, 2.75) is 64.0 Å². The zero-order chi connectivity index (χ0) is 11.8. The van der Waals surface area contributed by atoms with Crippen molar-refractivity contribution in [3.63, 3.8) is 0 Å². The summed E-state index contributed by atoms with van der Waals surface area (Å²) in [7, 11) is 5.08. The van der Waals surface area contributed by atoms with Gasteiger partial charge < -0.3 is 0 Å². The summed E-state index contributed by atoms with van der Waals surface area (Å²) in [4.78, 5) is 0.